The number of carbonyl (C=O) groups is 3. The Bertz CT molecular complexity index is 720. The van der Waals surface area contributed by atoms with E-state index in [9.17, 15) is 14.4 Å². The molecule has 2 amide bonds. The minimum absolute atomic E-state index is 0.0321. The molecule has 0 heterocycles. The number of esters is 1. The molecule has 0 fully saturated rings. The fourth-order valence-corrected chi connectivity index (χ4v) is 3.48. The van der Waals surface area contributed by atoms with Gasteiger partial charge < -0.3 is 19.7 Å². The second-order valence-electron chi connectivity index (χ2n) is 9.62. The molecule has 1 N–H and O–H groups in total. The molecular weight excluding hydrogens is 432 g/mol. The van der Waals surface area contributed by atoms with Crippen molar-refractivity contribution in [3.05, 3.63) is 35.9 Å². The molecule has 0 aromatic heterocycles. The minimum atomic E-state index is -0.848. The van der Waals surface area contributed by atoms with Gasteiger partial charge in [0.2, 0.25) is 5.91 Å². The van der Waals surface area contributed by atoms with E-state index in [1.165, 1.54) is 0 Å². The van der Waals surface area contributed by atoms with Crippen LogP contribution in [-0.4, -0.2) is 47.6 Å². The Morgan fingerprint density at radius 3 is 2.06 bits per heavy atom. The lowest BCUT2D eigenvalue weighted by molar-refractivity contribution is -0.155. The highest BCUT2D eigenvalue weighted by Gasteiger charge is 2.28. The summed E-state index contributed by atoms with van der Waals surface area (Å²) in [6, 6.07) is 8.51. The number of benzene rings is 1. The second kappa shape index (κ2) is 16.1. The lowest BCUT2D eigenvalue weighted by Gasteiger charge is -2.28. The van der Waals surface area contributed by atoms with Crippen molar-refractivity contribution in [2.24, 2.45) is 0 Å². The molecule has 7 nitrogen and oxygen atoms in total. The van der Waals surface area contributed by atoms with Crippen LogP contribution >= 0.6 is 0 Å². The Balaban J connectivity index is 2.86. The second-order valence-corrected chi connectivity index (χ2v) is 9.62. The molecule has 7 heteroatoms. The molecule has 0 radical (unpaired) electrons. The third kappa shape index (κ3) is 13.2. The lowest BCUT2D eigenvalue weighted by Crippen LogP contribution is -2.49. The fourth-order valence-electron chi connectivity index (χ4n) is 3.48. The SMILES string of the molecule is CCCCCN(CCCCC)C(=O)[C@H](CCC(=O)OC(C)(C)C)NC(=O)OCc1ccccc1. The van der Waals surface area contributed by atoms with Gasteiger partial charge in [-0.2, -0.15) is 0 Å². The largest absolute Gasteiger partial charge is 0.460 e. The Hall–Kier alpha value is -2.57. The van der Waals surface area contributed by atoms with Crippen molar-refractivity contribution in [1.29, 1.82) is 0 Å². The zero-order valence-corrected chi connectivity index (χ0v) is 21.7. The molecule has 192 valence electrons. The average molecular weight is 477 g/mol. The van der Waals surface area contributed by atoms with E-state index in [0.29, 0.717) is 13.1 Å². The summed E-state index contributed by atoms with van der Waals surface area (Å²) in [5, 5.41) is 2.71. The number of carbonyl (C=O) groups excluding carboxylic acids is 3. The Morgan fingerprint density at radius 1 is 0.941 bits per heavy atom. The van der Waals surface area contributed by atoms with Crippen LogP contribution in [-0.2, 0) is 25.7 Å². The van der Waals surface area contributed by atoms with E-state index >= 15 is 0 Å². The molecule has 1 atom stereocenters. The summed E-state index contributed by atoms with van der Waals surface area (Å²) < 4.78 is 10.7. The molecule has 0 bridgehead atoms. The Morgan fingerprint density at radius 2 is 1.53 bits per heavy atom. The van der Waals surface area contributed by atoms with Crippen molar-refractivity contribution in [2.75, 3.05) is 13.1 Å². The first-order chi connectivity index (χ1) is 16.2. The third-order valence-corrected chi connectivity index (χ3v) is 5.23. The van der Waals surface area contributed by atoms with E-state index in [1.807, 2.05) is 35.2 Å². The third-order valence-electron chi connectivity index (χ3n) is 5.23. The molecule has 0 saturated heterocycles. The molecule has 0 aliphatic rings. The summed E-state index contributed by atoms with van der Waals surface area (Å²) in [6.07, 6.45) is 5.52. The van der Waals surface area contributed by atoms with Gasteiger partial charge in [-0.25, -0.2) is 4.79 Å². The molecular formula is C27H44N2O5. The number of nitrogens with one attached hydrogen (secondary N) is 1. The number of alkyl carbamates (subject to hydrolysis) is 1. The summed E-state index contributed by atoms with van der Waals surface area (Å²) in [7, 11) is 0. The number of hydrogen-bond acceptors (Lipinski definition) is 5. The van der Waals surface area contributed by atoms with Crippen molar-refractivity contribution in [3.8, 4) is 0 Å². The summed E-state index contributed by atoms with van der Waals surface area (Å²) in [5.74, 6) is -0.569. The van der Waals surface area contributed by atoms with Gasteiger partial charge >= 0.3 is 12.1 Å². The van der Waals surface area contributed by atoms with Gasteiger partial charge in [0.1, 0.15) is 18.2 Å². The van der Waals surface area contributed by atoms with Gasteiger partial charge in [-0.15, -0.1) is 0 Å². The van der Waals surface area contributed by atoms with Crippen molar-refractivity contribution in [1.82, 2.24) is 10.2 Å². The molecule has 0 spiro atoms. The van der Waals surface area contributed by atoms with Gasteiger partial charge in [-0.3, -0.25) is 9.59 Å². The standard InChI is InChI=1S/C27H44N2O5/c1-6-8-13-19-29(20-14-9-7-2)25(31)23(17-18-24(30)34-27(3,4)5)28-26(32)33-21-22-15-11-10-12-16-22/h10-12,15-16,23H,6-9,13-14,17-21H2,1-5H3,(H,28,32)/t23-/m0/s1. The highest BCUT2D eigenvalue weighted by molar-refractivity contribution is 5.86. The number of ether oxygens (including phenoxy) is 2. The maximum Gasteiger partial charge on any atom is 0.408 e. The number of nitrogens with zero attached hydrogens (tertiary/aromatic N) is 1. The molecule has 34 heavy (non-hydrogen) atoms. The fraction of sp³-hybridized carbons (Fsp3) is 0.667. The lowest BCUT2D eigenvalue weighted by atomic mass is 10.1. The van der Waals surface area contributed by atoms with Crippen LogP contribution in [0.1, 0.15) is 91.5 Å². The van der Waals surface area contributed by atoms with Crippen LogP contribution in [0.3, 0.4) is 0 Å². The number of amides is 2. The minimum Gasteiger partial charge on any atom is -0.460 e. The maximum absolute atomic E-state index is 13.4. The molecule has 1 aromatic carbocycles. The summed E-state index contributed by atoms with van der Waals surface area (Å²) in [6.45, 7) is 11.0. The van der Waals surface area contributed by atoms with E-state index < -0.39 is 23.7 Å². The smallest absolute Gasteiger partial charge is 0.408 e. The van der Waals surface area contributed by atoms with Crippen LogP contribution in [0.5, 0.6) is 0 Å². The summed E-state index contributed by atoms with van der Waals surface area (Å²) in [5.41, 5.74) is 0.250. The molecule has 0 saturated carbocycles. The van der Waals surface area contributed by atoms with Gasteiger partial charge in [0.05, 0.1) is 0 Å². The summed E-state index contributed by atoms with van der Waals surface area (Å²) in [4.78, 5) is 40.1. The zero-order valence-electron chi connectivity index (χ0n) is 21.7. The molecule has 0 aliphatic carbocycles. The first kappa shape index (κ1) is 29.5. The van der Waals surface area contributed by atoms with Crippen LogP contribution in [0.25, 0.3) is 0 Å². The Kier molecular flexibility index (Phi) is 14.0. The van der Waals surface area contributed by atoms with Crippen LogP contribution in [0.15, 0.2) is 30.3 Å². The van der Waals surface area contributed by atoms with E-state index in [-0.39, 0.29) is 25.4 Å². The molecule has 0 unspecified atom stereocenters. The predicted octanol–water partition coefficient (Wildman–Crippen LogP) is 5.61. The van der Waals surface area contributed by atoms with Crippen LogP contribution < -0.4 is 5.32 Å². The van der Waals surface area contributed by atoms with Gasteiger partial charge in [0, 0.05) is 19.5 Å². The van der Waals surface area contributed by atoms with Crippen LogP contribution in [0.4, 0.5) is 4.79 Å². The summed E-state index contributed by atoms with van der Waals surface area (Å²) >= 11 is 0. The van der Waals surface area contributed by atoms with Gasteiger partial charge in [-0.1, -0.05) is 69.9 Å². The Labute approximate surface area is 205 Å². The quantitative estimate of drug-likeness (QED) is 0.263. The predicted molar refractivity (Wildman–Crippen MR) is 134 cm³/mol. The molecule has 1 aromatic rings. The van der Waals surface area contributed by atoms with Crippen LogP contribution in [0.2, 0.25) is 0 Å². The maximum atomic E-state index is 13.4. The van der Waals surface area contributed by atoms with Crippen LogP contribution in [0, 0.1) is 0 Å². The van der Waals surface area contributed by atoms with Crippen molar-refractivity contribution >= 4 is 18.0 Å². The first-order valence-electron chi connectivity index (χ1n) is 12.6. The number of hydrogen-bond donors (Lipinski definition) is 1. The van der Waals surface area contributed by atoms with Gasteiger partial charge in [-0.05, 0) is 45.6 Å². The number of rotatable bonds is 15. The van der Waals surface area contributed by atoms with Crippen molar-refractivity contribution in [3.63, 3.8) is 0 Å². The number of unbranched alkanes of at least 4 members (excludes halogenated alkanes) is 4. The van der Waals surface area contributed by atoms with Crippen molar-refractivity contribution < 1.29 is 23.9 Å². The zero-order chi connectivity index (χ0) is 25.4. The van der Waals surface area contributed by atoms with Crippen molar-refractivity contribution in [2.45, 2.75) is 104 Å². The van der Waals surface area contributed by atoms with E-state index in [0.717, 1.165) is 44.1 Å². The van der Waals surface area contributed by atoms with E-state index in [1.54, 1.807) is 20.8 Å². The average Bonchev–Trinajstić information content (AvgIpc) is 2.78. The van der Waals surface area contributed by atoms with E-state index in [4.69, 9.17) is 9.47 Å². The van der Waals surface area contributed by atoms with E-state index in [2.05, 4.69) is 19.2 Å². The highest BCUT2D eigenvalue weighted by atomic mass is 16.6. The topological polar surface area (TPSA) is 84.9 Å². The van der Waals surface area contributed by atoms with Gasteiger partial charge in [0.15, 0.2) is 0 Å². The first-order valence-corrected chi connectivity index (χ1v) is 12.6. The highest BCUT2D eigenvalue weighted by Crippen LogP contribution is 2.13. The monoisotopic (exact) mass is 476 g/mol. The molecule has 1 rings (SSSR count). The normalized spacial score (nSPS) is 12.0. The van der Waals surface area contributed by atoms with Gasteiger partial charge in [0.25, 0.3) is 0 Å². The molecule has 0 aliphatic heterocycles.